The third-order valence-electron chi connectivity index (χ3n) is 5.73. The van der Waals surface area contributed by atoms with Gasteiger partial charge in [0.2, 0.25) is 0 Å². The van der Waals surface area contributed by atoms with E-state index in [1.165, 1.54) is 62.5 Å². The fourth-order valence-electron chi connectivity index (χ4n) is 4.10. The maximum absolute atomic E-state index is 6.10. The number of rotatable bonds is 4. The number of nitrogens with zero attached hydrogens (tertiary/aromatic N) is 1. The van der Waals surface area contributed by atoms with Crippen LogP contribution in [0.3, 0.4) is 0 Å². The normalized spacial score (nSPS) is 22.5. The second-order valence-corrected chi connectivity index (χ2v) is 7.15. The summed E-state index contributed by atoms with van der Waals surface area (Å²) in [6.07, 6.45) is 10.6. The largest absolute Gasteiger partial charge is 0.370 e. The van der Waals surface area contributed by atoms with Crippen molar-refractivity contribution in [1.82, 2.24) is 0 Å². The van der Waals surface area contributed by atoms with Crippen molar-refractivity contribution in [2.24, 2.45) is 22.1 Å². The Labute approximate surface area is 150 Å². The Morgan fingerprint density at radius 2 is 1.95 bits per heavy atom. The van der Waals surface area contributed by atoms with Crippen molar-refractivity contribution in [2.75, 3.05) is 11.9 Å². The molecule has 4 rings (SSSR count). The molecule has 3 nitrogen and oxygen atoms in total. The summed E-state index contributed by atoms with van der Waals surface area (Å²) in [7, 11) is 0. The standard InChI is InChI=1S/C18H25N3.HI/c19-17(20-12-18(9-2-10-18)15-6-7-15)21-16-8-5-13-3-1-4-14(13)11-16;/h5,8,11,15H,1-4,6-7,9-10,12H2,(H3,19,20,21);1H. The Bertz CT molecular complexity index is 574. The van der Waals surface area contributed by atoms with Gasteiger partial charge in [-0.3, -0.25) is 4.99 Å². The van der Waals surface area contributed by atoms with Gasteiger partial charge in [0.15, 0.2) is 5.96 Å². The lowest BCUT2D eigenvalue weighted by molar-refractivity contribution is 0.113. The Kier molecular flexibility index (Phi) is 4.67. The molecule has 2 saturated carbocycles. The van der Waals surface area contributed by atoms with E-state index in [0.717, 1.165) is 18.2 Å². The highest BCUT2D eigenvalue weighted by molar-refractivity contribution is 14.0. The molecule has 0 aromatic heterocycles. The number of anilines is 1. The van der Waals surface area contributed by atoms with E-state index < -0.39 is 0 Å². The second-order valence-electron chi connectivity index (χ2n) is 7.15. The van der Waals surface area contributed by atoms with Crippen molar-refractivity contribution in [3.63, 3.8) is 0 Å². The van der Waals surface area contributed by atoms with Crippen LogP contribution in [0.4, 0.5) is 5.69 Å². The zero-order valence-corrected chi connectivity index (χ0v) is 15.4. The number of hydrogen-bond acceptors (Lipinski definition) is 1. The molecule has 0 heterocycles. The second kappa shape index (κ2) is 6.38. The van der Waals surface area contributed by atoms with Crippen LogP contribution in [0.25, 0.3) is 0 Å². The van der Waals surface area contributed by atoms with Gasteiger partial charge in [-0.05, 0) is 79.5 Å². The lowest BCUT2D eigenvalue weighted by Gasteiger charge is -2.41. The summed E-state index contributed by atoms with van der Waals surface area (Å²) in [5, 5.41) is 3.28. The molecule has 0 unspecified atom stereocenters. The van der Waals surface area contributed by atoms with Crippen LogP contribution in [0.5, 0.6) is 0 Å². The minimum absolute atomic E-state index is 0. The van der Waals surface area contributed by atoms with Gasteiger partial charge in [-0.2, -0.15) is 0 Å². The Hall–Kier alpha value is -0.780. The lowest BCUT2D eigenvalue weighted by atomic mass is 9.65. The van der Waals surface area contributed by atoms with Gasteiger partial charge in [0.1, 0.15) is 0 Å². The first kappa shape index (κ1) is 16.1. The van der Waals surface area contributed by atoms with E-state index in [1.807, 2.05) is 0 Å². The minimum Gasteiger partial charge on any atom is -0.370 e. The minimum atomic E-state index is 0. The van der Waals surface area contributed by atoms with E-state index in [9.17, 15) is 0 Å². The van der Waals surface area contributed by atoms with E-state index in [4.69, 9.17) is 5.73 Å². The maximum Gasteiger partial charge on any atom is 0.193 e. The number of guanidine groups is 1. The van der Waals surface area contributed by atoms with E-state index in [0.29, 0.717) is 11.4 Å². The summed E-state index contributed by atoms with van der Waals surface area (Å²) in [4.78, 5) is 4.65. The third kappa shape index (κ3) is 3.12. The molecule has 1 aromatic carbocycles. The molecule has 0 radical (unpaired) electrons. The summed E-state index contributed by atoms with van der Waals surface area (Å²) in [5.41, 5.74) is 10.7. The Morgan fingerprint density at radius 3 is 2.64 bits per heavy atom. The average Bonchev–Trinajstić information content (AvgIpc) is 3.16. The van der Waals surface area contributed by atoms with Crippen LogP contribution >= 0.6 is 24.0 Å². The lowest BCUT2D eigenvalue weighted by Crippen LogP contribution is -2.36. The highest BCUT2D eigenvalue weighted by Crippen LogP contribution is 2.57. The van der Waals surface area contributed by atoms with Crippen LogP contribution in [0.1, 0.15) is 49.7 Å². The molecule has 22 heavy (non-hydrogen) atoms. The fraction of sp³-hybridized carbons (Fsp3) is 0.611. The highest BCUT2D eigenvalue weighted by Gasteiger charge is 2.48. The van der Waals surface area contributed by atoms with Crippen molar-refractivity contribution in [3.05, 3.63) is 29.3 Å². The quantitative estimate of drug-likeness (QED) is 0.445. The topological polar surface area (TPSA) is 50.4 Å². The molecule has 0 atom stereocenters. The molecule has 0 bridgehead atoms. The van der Waals surface area contributed by atoms with Crippen molar-refractivity contribution in [1.29, 1.82) is 0 Å². The van der Waals surface area contributed by atoms with Crippen molar-refractivity contribution in [3.8, 4) is 0 Å². The molecule has 0 amide bonds. The zero-order chi connectivity index (χ0) is 14.3. The molecule has 0 saturated heterocycles. The smallest absolute Gasteiger partial charge is 0.193 e. The van der Waals surface area contributed by atoms with Crippen LogP contribution in [-0.4, -0.2) is 12.5 Å². The summed E-state index contributed by atoms with van der Waals surface area (Å²) in [5.74, 6) is 1.52. The maximum atomic E-state index is 6.10. The molecule has 120 valence electrons. The summed E-state index contributed by atoms with van der Waals surface area (Å²) < 4.78 is 0. The fourth-order valence-corrected chi connectivity index (χ4v) is 4.10. The monoisotopic (exact) mass is 411 g/mol. The van der Waals surface area contributed by atoms with E-state index in [1.54, 1.807) is 0 Å². The SMILES string of the molecule is I.NC(=NCC1(C2CC2)CCC1)Nc1ccc2c(c1)CCC2. The molecule has 3 N–H and O–H groups in total. The number of aliphatic imine (C=N–C) groups is 1. The van der Waals surface area contributed by atoms with Crippen molar-refractivity contribution in [2.45, 2.75) is 51.4 Å². The first-order chi connectivity index (χ1) is 10.3. The third-order valence-corrected chi connectivity index (χ3v) is 5.73. The number of aryl methyl sites for hydroxylation is 2. The number of nitrogens with two attached hydrogens (primary N) is 1. The Balaban J connectivity index is 0.00000144. The van der Waals surface area contributed by atoms with E-state index in [-0.39, 0.29) is 24.0 Å². The van der Waals surface area contributed by atoms with E-state index >= 15 is 0 Å². The van der Waals surface area contributed by atoms with Crippen LogP contribution in [0, 0.1) is 11.3 Å². The van der Waals surface area contributed by atoms with Gasteiger partial charge in [0.25, 0.3) is 0 Å². The molecule has 3 aliphatic rings. The molecule has 4 heteroatoms. The number of fused-ring (bicyclic) bond motifs is 1. The van der Waals surface area contributed by atoms with Gasteiger partial charge < -0.3 is 11.1 Å². The van der Waals surface area contributed by atoms with Crippen molar-refractivity contribution >= 4 is 35.6 Å². The molecule has 3 aliphatic carbocycles. The summed E-state index contributed by atoms with van der Waals surface area (Å²) in [6, 6.07) is 6.60. The van der Waals surface area contributed by atoms with Gasteiger partial charge in [0.05, 0.1) is 0 Å². The molecule has 0 aliphatic heterocycles. The number of halogens is 1. The first-order valence-corrected chi connectivity index (χ1v) is 8.44. The first-order valence-electron chi connectivity index (χ1n) is 8.44. The van der Waals surface area contributed by atoms with Gasteiger partial charge in [0, 0.05) is 12.2 Å². The number of hydrogen-bond donors (Lipinski definition) is 2. The van der Waals surface area contributed by atoms with Crippen LogP contribution in [-0.2, 0) is 12.8 Å². The predicted octanol–water partition coefficient (Wildman–Crippen LogP) is 4.10. The number of benzene rings is 1. The highest BCUT2D eigenvalue weighted by atomic mass is 127. The number of nitrogens with one attached hydrogen (secondary N) is 1. The molecular weight excluding hydrogens is 385 g/mol. The zero-order valence-electron chi connectivity index (χ0n) is 13.1. The summed E-state index contributed by atoms with van der Waals surface area (Å²) in [6.45, 7) is 0.918. The van der Waals surface area contributed by atoms with Gasteiger partial charge in [-0.25, -0.2) is 0 Å². The summed E-state index contributed by atoms with van der Waals surface area (Å²) >= 11 is 0. The van der Waals surface area contributed by atoms with E-state index in [2.05, 4.69) is 28.5 Å². The van der Waals surface area contributed by atoms with Gasteiger partial charge in [-0.1, -0.05) is 12.5 Å². The van der Waals surface area contributed by atoms with Gasteiger partial charge >= 0.3 is 0 Å². The molecule has 2 fully saturated rings. The molecule has 0 spiro atoms. The average molecular weight is 411 g/mol. The van der Waals surface area contributed by atoms with Crippen LogP contribution in [0.15, 0.2) is 23.2 Å². The Morgan fingerprint density at radius 1 is 1.18 bits per heavy atom. The van der Waals surface area contributed by atoms with Crippen molar-refractivity contribution < 1.29 is 0 Å². The predicted molar refractivity (Wildman–Crippen MR) is 103 cm³/mol. The van der Waals surface area contributed by atoms with Crippen LogP contribution in [0.2, 0.25) is 0 Å². The van der Waals surface area contributed by atoms with Crippen LogP contribution < -0.4 is 11.1 Å². The molecular formula is C18H26IN3. The van der Waals surface area contributed by atoms with Gasteiger partial charge in [-0.15, -0.1) is 24.0 Å². The molecule has 1 aromatic rings.